The van der Waals surface area contributed by atoms with Crippen LogP contribution in [0.4, 0.5) is 4.79 Å². The summed E-state index contributed by atoms with van der Waals surface area (Å²) in [6, 6.07) is 3.02. The number of nitrogens with one attached hydrogen (secondary N) is 2. The number of ether oxygens (including phenoxy) is 2. The number of benzene rings is 1. The standard InChI is InChI=1S/C14H15BrN2O4/c1-3-20-11-7-8(5-9(15)12(11)21-4-2)6-10-13(18)17-14(19)16-10/h5-7H,3-4H2,1-2H3,(H2,16,17,18,19)/b10-6+. The van der Waals surface area contributed by atoms with Gasteiger partial charge in [-0.05, 0) is 53.5 Å². The molecule has 0 unspecified atom stereocenters. The van der Waals surface area contributed by atoms with Crippen molar-refractivity contribution in [2.45, 2.75) is 13.8 Å². The lowest BCUT2D eigenvalue weighted by Crippen LogP contribution is -2.22. The smallest absolute Gasteiger partial charge is 0.326 e. The van der Waals surface area contributed by atoms with Gasteiger partial charge in [0.25, 0.3) is 5.91 Å². The summed E-state index contributed by atoms with van der Waals surface area (Å²) < 4.78 is 11.8. The van der Waals surface area contributed by atoms with E-state index in [-0.39, 0.29) is 5.70 Å². The van der Waals surface area contributed by atoms with E-state index >= 15 is 0 Å². The molecule has 3 amide bonds. The molecule has 1 aliphatic heterocycles. The van der Waals surface area contributed by atoms with E-state index in [2.05, 4.69) is 26.6 Å². The van der Waals surface area contributed by atoms with Gasteiger partial charge in [0.1, 0.15) is 5.70 Å². The van der Waals surface area contributed by atoms with Crippen LogP contribution in [0.1, 0.15) is 19.4 Å². The number of urea groups is 1. The highest BCUT2D eigenvalue weighted by Gasteiger charge is 2.23. The highest BCUT2D eigenvalue weighted by molar-refractivity contribution is 9.10. The van der Waals surface area contributed by atoms with Gasteiger partial charge in [0.15, 0.2) is 11.5 Å². The highest BCUT2D eigenvalue weighted by atomic mass is 79.9. The number of hydrogen-bond acceptors (Lipinski definition) is 4. The monoisotopic (exact) mass is 354 g/mol. The van der Waals surface area contributed by atoms with Crippen LogP contribution < -0.4 is 20.1 Å². The molecule has 1 aromatic rings. The van der Waals surface area contributed by atoms with E-state index in [1.54, 1.807) is 18.2 Å². The summed E-state index contributed by atoms with van der Waals surface area (Å²) in [5.41, 5.74) is 0.902. The maximum Gasteiger partial charge on any atom is 0.326 e. The van der Waals surface area contributed by atoms with Gasteiger partial charge in [-0.2, -0.15) is 0 Å². The molecule has 0 bridgehead atoms. The number of halogens is 1. The van der Waals surface area contributed by atoms with Gasteiger partial charge in [-0.15, -0.1) is 0 Å². The Morgan fingerprint density at radius 3 is 2.43 bits per heavy atom. The van der Waals surface area contributed by atoms with Crippen molar-refractivity contribution in [3.63, 3.8) is 0 Å². The maximum atomic E-state index is 11.5. The second kappa shape index (κ2) is 6.62. The zero-order chi connectivity index (χ0) is 15.4. The molecule has 1 saturated heterocycles. The first-order valence-corrected chi connectivity index (χ1v) is 7.27. The fourth-order valence-electron chi connectivity index (χ4n) is 1.87. The molecular formula is C14H15BrN2O4. The van der Waals surface area contributed by atoms with Gasteiger partial charge in [-0.1, -0.05) is 0 Å². The van der Waals surface area contributed by atoms with E-state index in [1.807, 2.05) is 13.8 Å². The Morgan fingerprint density at radius 2 is 1.86 bits per heavy atom. The van der Waals surface area contributed by atoms with Crippen molar-refractivity contribution in [2.75, 3.05) is 13.2 Å². The van der Waals surface area contributed by atoms with Gasteiger partial charge in [-0.25, -0.2) is 4.79 Å². The molecule has 2 rings (SSSR count). The van der Waals surface area contributed by atoms with Crippen molar-refractivity contribution >= 4 is 33.9 Å². The van der Waals surface area contributed by atoms with Gasteiger partial charge < -0.3 is 14.8 Å². The lowest BCUT2D eigenvalue weighted by molar-refractivity contribution is -0.115. The van der Waals surface area contributed by atoms with E-state index in [9.17, 15) is 9.59 Å². The van der Waals surface area contributed by atoms with Gasteiger partial charge in [0.05, 0.1) is 17.7 Å². The van der Waals surface area contributed by atoms with Crippen LogP contribution in [-0.4, -0.2) is 25.2 Å². The zero-order valence-electron chi connectivity index (χ0n) is 11.7. The third-order valence-corrected chi connectivity index (χ3v) is 3.24. The molecule has 6 nitrogen and oxygen atoms in total. The summed E-state index contributed by atoms with van der Waals surface area (Å²) in [5, 5.41) is 4.59. The van der Waals surface area contributed by atoms with E-state index in [0.717, 1.165) is 0 Å². The number of imide groups is 1. The molecular weight excluding hydrogens is 340 g/mol. The van der Waals surface area contributed by atoms with Gasteiger partial charge in [0, 0.05) is 0 Å². The molecule has 7 heteroatoms. The molecule has 0 aliphatic carbocycles. The SMILES string of the molecule is CCOc1cc(/C=C2/NC(=O)NC2=O)cc(Br)c1OCC. The number of carbonyl (C=O) groups excluding carboxylic acids is 2. The molecule has 0 radical (unpaired) electrons. The summed E-state index contributed by atoms with van der Waals surface area (Å²) in [6.45, 7) is 4.76. The Kier molecular flexibility index (Phi) is 4.85. The average Bonchev–Trinajstić information content (AvgIpc) is 2.72. The second-order valence-electron chi connectivity index (χ2n) is 4.16. The number of hydrogen-bond donors (Lipinski definition) is 2. The van der Waals surface area contributed by atoms with Crippen LogP contribution in [0.3, 0.4) is 0 Å². The Labute approximate surface area is 130 Å². The number of rotatable bonds is 5. The van der Waals surface area contributed by atoms with Gasteiger partial charge in [-0.3, -0.25) is 10.1 Å². The van der Waals surface area contributed by atoms with E-state index < -0.39 is 11.9 Å². The molecule has 1 heterocycles. The predicted molar refractivity (Wildman–Crippen MR) is 81.1 cm³/mol. The third kappa shape index (κ3) is 3.55. The minimum absolute atomic E-state index is 0.193. The van der Waals surface area contributed by atoms with Crippen molar-refractivity contribution in [3.05, 3.63) is 27.9 Å². The normalized spacial score (nSPS) is 15.9. The summed E-state index contributed by atoms with van der Waals surface area (Å²) in [4.78, 5) is 22.6. The van der Waals surface area contributed by atoms with Crippen molar-refractivity contribution in [1.82, 2.24) is 10.6 Å². The Morgan fingerprint density at radius 1 is 1.14 bits per heavy atom. The molecule has 0 aromatic heterocycles. The lowest BCUT2D eigenvalue weighted by Gasteiger charge is -2.13. The molecule has 0 saturated carbocycles. The highest BCUT2D eigenvalue weighted by Crippen LogP contribution is 2.37. The van der Waals surface area contributed by atoms with E-state index in [0.29, 0.717) is 34.7 Å². The second-order valence-corrected chi connectivity index (χ2v) is 5.02. The summed E-state index contributed by atoms with van der Waals surface area (Å²) in [7, 11) is 0. The molecule has 112 valence electrons. The zero-order valence-corrected chi connectivity index (χ0v) is 13.2. The first kappa shape index (κ1) is 15.4. The van der Waals surface area contributed by atoms with Gasteiger partial charge >= 0.3 is 6.03 Å². The van der Waals surface area contributed by atoms with Gasteiger partial charge in [0.2, 0.25) is 0 Å². The molecule has 0 atom stereocenters. The topological polar surface area (TPSA) is 76.7 Å². The largest absolute Gasteiger partial charge is 0.490 e. The van der Waals surface area contributed by atoms with E-state index in [4.69, 9.17) is 9.47 Å². The van der Waals surface area contributed by atoms with Crippen molar-refractivity contribution < 1.29 is 19.1 Å². The fraction of sp³-hybridized carbons (Fsp3) is 0.286. The van der Waals surface area contributed by atoms with Crippen LogP contribution in [-0.2, 0) is 4.79 Å². The van der Waals surface area contributed by atoms with Crippen LogP contribution in [0, 0.1) is 0 Å². The summed E-state index contributed by atoms with van der Waals surface area (Å²) >= 11 is 3.42. The first-order chi connectivity index (χ1) is 10.0. The fourth-order valence-corrected chi connectivity index (χ4v) is 2.44. The van der Waals surface area contributed by atoms with Crippen LogP contribution >= 0.6 is 15.9 Å². The minimum atomic E-state index is -0.527. The number of amides is 3. The molecule has 2 N–H and O–H groups in total. The van der Waals surface area contributed by atoms with Crippen molar-refractivity contribution in [3.8, 4) is 11.5 Å². The van der Waals surface area contributed by atoms with E-state index in [1.165, 1.54) is 0 Å². The van der Waals surface area contributed by atoms with Crippen LogP contribution in [0.25, 0.3) is 6.08 Å². The molecule has 21 heavy (non-hydrogen) atoms. The maximum absolute atomic E-state index is 11.5. The predicted octanol–water partition coefficient (Wildman–Crippen LogP) is 2.43. The summed E-state index contributed by atoms with van der Waals surface area (Å²) in [5.74, 6) is 0.731. The molecule has 0 spiro atoms. The molecule has 1 aliphatic rings. The Balaban J connectivity index is 2.39. The average molecular weight is 355 g/mol. The first-order valence-electron chi connectivity index (χ1n) is 6.48. The van der Waals surface area contributed by atoms with Crippen molar-refractivity contribution in [2.24, 2.45) is 0 Å². The Hall–Kier alpha value is -2.02. The Bertz CT molecular complexity index is 613. The van der Waals surface area contributed by atoms with Crippen LogP contribution in [0.5, 0.6) is 11.5 Å². The minimum Gasteiger partial charge on any atom is -0.490 e. The molecule has 1 fully saturated rings. The lowest BCUT2D eigenvalue weighted by atomic mass is 10.1. The van der Waals surface area contributed by atoms with Crippen LogP contribution in [0.2, 0.25) is 0 Å². The molecule has 1 aromatic carbocycles. The summed E-state index contributed by atoms with van der Waals surface area (Å²) in [6.07, 6.45) is 1.57. The van der Waals surface area contributed by atoms with Crippen molar-refractivity contribution in [1.29, 1.82) is 0 Å². The van der Waals surface area contributed by atoms with Crippen LogP contribution in [0.15, 0.2) is 22.3 Å². The quantitative estimate of drug-likeness (QED) is 0.628. The third-order valence-electron chi connectivity index (χ3n) is 2.65. The number of carbonyl (C=O) groups is 2.